The molecule has 0 bridgehead atoms. The first kappa shape index (κ1) is 10.1. The lowest BCUT2D eigenvalue weighted by Crippen LogP contribution is -2.16. The van der Waals surface area contributed by atoms with Gasteiger partial charge in [0.1, 0.15) is 11.5 Å². The molecule has 82 valence electrons. The minimum Gasteiger partial charge on any atom is -0.331 e. The summed E-state index contributed by atoms with van der Waals surface area (Å²) in [5, 5.41) is 2.55. The number of hydrogen-bond acceptors (Lipinski definition) is 5. The molecule has 7 heteroatoms. The zero-order chi connectivity index (χ0) is 11.4. The van der Waals surface area contributed by atoms with E-state index in [0.29, 0.717) is 11.8 Å². The van der Waals surface area contributed by atoms with Crippen LogP contribution in [-0.4, -0.2) is 20.9 Å². The molecular weight excluding hydrogens is 208 g/mol. The normalized spacial score (nSPS) is 9.81. The predicted molar refractivity (Wildman–Crippen MR) is 58.6 cm³/mol. The van der Waals surface area contributed by atoms with Gasteiger partial charge in [-0.05, 0) is 12.1 Å². The number of pyridine rings is 1. The van der Waals surface area contributed by atoms with Crippen LogP contribution in [0.25, 0.3) is 0 Å². The highest BCUT2D eigenvalue weighted by molar-refractivity contribution is 6.02. The SMILES string of the molecule is NNc1cccc(C(=O)Nc2ncc[nH]2)n1. The summed E-state index contributed by atoms with van der Waals surface area (Å²) in [4.78, 5) is 22.3. The number of hydrogen-bond donors (Lipinski definition) is 4. The number of aromatic nitrogens is 3. The van der Waals surface area contributed by atoms with Gasteiger partial charge in [0, 0.05) is 12.4 Å². The number of anilines is 2. The van der Waals surface area contributed by atoms with Crippen LogP contribution >= 0.6 is 0 Å². The zero-order valence-electron chi connectivity index (χ0n) is 8.27. The Morgan fingerprint density at radius 1 is 1.44 bits per heavy atom. The number of imidazole rings is 1. The van der Waals surface area contributed by atoms with Gasteiger partial charge < -0.3 is 10.4 Å². The standard InChI is InChI=1S/C9H10N6O/c10-15-7-3-1-2-6(13-7)8(16)14-9-11-4-5-12-9/h1-5H,10H2,(H,13,15)(H2,11,12,14,16). The van der Waals surface area contributed by atoms with E-state index in [-0.39, 0.29) is 11.6 Å². The van der Waals surface area contributed by atoms with Gasteiger partial charge in [-0.1, -0.05) is 6.07 Å². The highest BCUT2D eigenvalue weighted by Crippen LogP contribution is 2.05. The Kier molecular flexibility index (Phi) is 2.79. The van der Waals surface area contributed by atoms with Gasteiger partial charge in [-0.2, -0.15) is 0 Å². The first-order valence-corrected chi connectivity index (χ1v) is 4.54. The van der Waals surface area contributed by atoms with Gasteiger partial charge in [0.25, 0.3) is 5.91 Å². The topological polar surface area (TPSA) is 109 Å². The summed E-state index contributed by atoms with van der Waals surface area (Å²) in [6, 6.07) is 4.92. The minimum atomic E-state index is -0.355. The van der Waals surface area contributed by atoms with Crippen molar-refractivity contribution >= 4 is 17.7 Å². The van der Waals surface area contributed by atoms with Crippen LogP contribution in [-0.2, 0) is 0 Å². The summed E-state index contributed by atoms with van der Waals surface area (Å²) in [6.07, 6.45) is 3.15. The van der Waals surface area contributed by atoms with Crippen LogP contribution in [0.3, 0.4) is 0 Å². The monoisotopic (exact) mass is 218 g/mol. The third-order valence-corrected chi connectivity index (χ3v) is 1.86. The maximum atomic E-state index is 11.7. The average molecular weight is 218 g/mol. The number of rotatable bonds is 3. The molecule has 0 unspecified atom stereocenters. The fourth-order valence-corrected chi connectivity index (χ4v) is 1.15. The quantitative estimate of drug-likeness (QED) is 0.439. The van der Waals surface area contributed by atoms with Gasteiger partial charge in [0.15, 0.2) is 0 Å². The van der Waals surface area contributed by atoms with E-state index >= 15 is 0 Å². The smallest absolute Gasteiger partial charge is 0.276 e. The van der Waals surface area contributed by atoms with Crippen LogP contribution in [0.1, 0.15) is 10.5 Å². The molecule has 16 heavy (non-hydrogen) atoms. The number of nitrogens with one attached hydrogen (secondary N) is 3. The summed E-state index contributed by atoms with van der Waals surface area (Å²) in [5.74, 6) is 5.63. The summed E-state index contributed by atoms with van der Waals surface area (Å²) in [7, 11) is 0. The lowest BCUT2D eigenvalue weighted by molar-refractivity contribution is 0.102. The maximum absolute atomic E-state index is 11.7. The first-order chi connectivity index (χ1) is 7.79. The zero-order valence-corrected chi connectivity index (χ0v) is 8.27. The molecule has 0 aromatic carbocycles. The van der Waals surface area contributed by atoms with E-state index in [1.165, 1.54) is 0 Å². The molecule has 2 rings (SSSR count). The van der Waals surface area contributed by atoms with Crippen molar-refractivity contribution in [3.63, 3.8) is 0 Å². The van der Waals surface area contributed by atoms with Crippen molar-refractivity contribution < 1.29 is 4.79 Å². The number of nitrogen functional groups attached to an aromatic ring is 1. The molecular formula is C9H10N6O. The Morgan fingerprint density at radius 2 is 2.31 bits per heavy atom. The molecule has 0 aliphatic heterocycles. The van der Waals surface area contributed by atoms with Gasteiger partial charge >= 0.3 is 0 Å². The third kappa shape index (κ3) is 2.15. The molecule has 2 aromatic heterocycles. The first-order valence-electron chi connectivity index (χ1n) is 4.54. The molecule has 2 aromatic rings. The fraction of sp³-hybridized carbons (Fsp3) is 0. The third-order valence-electron chi connectivity index (χ3n) is 1.86. The van der Waals surface area contributed by atoms with Crippen LogP contribution in [0.4, 0.5) is 11.8 Å². The minimum absolute atomic E-state index is 0.256. The summed E-state index contributed by atoms with van der Waals surface area (Å²) in [6.45, 7) is 0. The van der Waals surface area contributed by atoms with Gasteiger partial charge in [0.05, 0.1) is 0 Å². The van der Waals surface area contributed by atoms with Crippen molar-refractivity contribution in [1.29, 1.82) is 0 Å². The Labute approximate surface area is 91.1 Å². The second kappa shape index (κ2) is 4.41. The molecule has 0 atom stereocenters. The van der Waals surface area contributed by atoms with Gasteiger partial charge in [0.2, 0.25) is 5.95 Å². The van der Waals surface area contributed by atoms with E-state index < -0.39 is 0 Å². The second-order valence-corrected chi connectivity index (χ2v) is 2.94. The number of H-pyrrole nitrogens is 1. The number of amides is 1. The molecule has 7 nitrogen and oxygen atoms in total. The van der Waals surface area contributed by atoms with Gasteiger partial charge in [-0.3, -0.25) is 10.1 Å². The summed E-state index contributed by atoms with van der Waals surface area (Å²) in [5.41, 5.74) is 2.62. The molecule has 0 radical (unpaired) electrons. The molecule has 0 aliphatic rings. The van der Waals surface area contributed by atoms with E-state index in [1.54, 1.807) is 30.6 Å². The van der Waals surface area contributed by atoms with Gasteiger partial charge in [-0.15, -0.1) is 0 Å². The van der Waals surface area contributed by atoms with Crippen molar-refractivity contribution in [3.05, 3.63) is 36.3 Å². The van der Waals surface area contributed by atoms with E-state index in [1.807, 2.05) is 0 Å². The highest BCUT2D eigenvalue weighted by Gasteiger charge is 2.08. The van der Waals surface area contributed by atoms with Gasteiger partial charge in [-0.25, -0.2) is 15.8 Å². The second-order valence-electron chi connectivity index (χ2n) is 2.94. The molecule has 0 aliphatic carbocycles. The number of hydrazine groups is 1. The Balaban J connectivity index is 2.14. The Morgan fingerprint density at radius 3 is 3.00 bits per heavy atom. The molecule has 0 saturated carbocycles. The maximum Gasteiger partial charge on any atom is 0.276 e. The summed E-state index contributed by atoms with van der Waals surface area (Å²) < 4.78 is 0. The van der Waals surface area contributed by atoms with Crippen LogP contribution in [0.2, 0.25) is 0 Å². The van der Waals surface area contributed by atoms with E-state index in [4.69, 9.17) is 5.84 Å². The highest BCUT2D eigenvalue weighted by atomic mass is 16.2. The predicted octanol–water partition coefficient (Wildman–Crippen LogP) is 0.343. The average Bonchev–Trinajstić information content (AvgIpc) is 2.82. The lowest BCUT2D eigenvalue weighted by atomic mass is 10.3. The van der Waals surface area contributed by atoms with Crippen molar-refractivity contribution in [2.45, 2.75) is 0 Å². The van der Waals surface area contributed by atoms with Crippen molar-refractivity contribution in [1.82, 2.24) is 15.0 Å². The molecule has 1 amide bonds. The number of nitrogens with zero attached hydrogens (tertiary/aromatic N) is 2. The molecule has 0 fully saturated rings. The number of carbonyl (C=O) groups is 1. The molecule has 0 saturated heterocycles. The Hall–Kier alpha value is -2.41. The van der Waals surface area contributed by atoms with Crippen molar-refractivity contribution in [2.75, 3.05) is 10.7 Å². The van der Waals surface area contributed by atoms with Crippen LogP contribution in [0.5, 0.6) is 0 Å². The summed E-state index contributed by atoms with van der Waals surface area (Å²) >= 11 is 0. The number of aromatic amines is 1. The number of carbonyl (C=O) groups excluding carboxylic acids is 1. The molecule has 5 N–H and O–H groups in total. The van der Waals surface area contributed by atoms with Crippen molar-refractivity contribution in [2.24, 2.45) is 5.84 Å². The molecule has 2 heterocycles. The Bertz CT molecular complexity index is 481. The van der Waals surface area contributed by atoms with E-state index in [9.17, 15) is 4.79 Å². The number of nitrogens with two attached hydrogens (primary N) is 1. The van der Waals surface area contributed by atoms with E-state index in [2.05, 4.69) is 25.7 Å². The van der Waals surface area contributed by atoms with Crippen LogP contribution in [0, 0.1) is 0 Å². The van der Waals surface area contributed by atoms with Crippen LogP contribution < -0.4 is 16.6 Å². The van der Waals surface area contributed by atoms with Crippen LogP contribution in [0.15, 0.2) is 30.6 Å². The van der Waals surface area contributed by atoms with Crippen molar-refractivity contribution in [3.8, 4) is 0 Å². The molecule has 0 spiro atoms. The largest absolute Gasteiger partial charge is 0.331 e. The lowest BCUT2D eigenvalue weighted by Gasteiger charge is -2.03. The fourth-order valence-electron chi connectivity index (χ4n) is 1.15. The van der Waals surface area contributed by atoms with E-state index in [0.717, 1.165) is 0 Å².